The van der Waals surface area contributed by atoms with Gasteiger partial charge in [0, 0.05) is 12.6 Å². The lowest BCUT2D eigenvalue weighted by Gasteiger charge is -2.08. The van der Waals surface area contributed by atoms with Crippen LogP contribution >= 0.6 is 0 Å². The molecule has 0 rings (SSSR count). The van der Waals surface area contributed by atoms with E-state index in [1.54, 1.807) is 0 Å². The van der Waals surface area contributed by atoms with Crippen LogP contribution < -0.4 is 5.73 Å². The first-order chi connectivity index (χ1) is 6.81. The predicted molar refractivity (Wildman–Crippen MR) is 62.3 cm³/mol. The van der Waals surface area contributed by atoms with Crippen LogP contribution in [0.4, 0.5) is 0 Å². The molecule has 0 aromatic heterocycles. The quantitative estimate of drug-likeness (QED) is 0.534. The van der Waals surface area contributed by atoms with E-state index in [-0.39, 0.29) is 12.6 Å². The molecule has 1 atom stereocenters. The minimum Gasteiger partial charge on any atom is -0.396 e. The van der Waals surface area contributed by atoms with Crippen LogP contribution in [-0.4, -0.2) is 17.8 Å². The molecular weight excluding hydrogens is 174 g/mol. The lowest BCUT2D eigenvalue weighted by molar-refractivity contribution is 0.271. The van der Waals surface area contributed by atoms with Crippen molar-refractivity contribution in [1.29, 1.82) is 0 Å². The normalized spacial score (nSPS) is 13.1. The molecule has 2 nitrogen and oxygen atoms in total. The second-order valence-electron chi connectivity index (χ2n) is 4.18. The number of aliphatic hydroxyl groups is 1. The standard InChI is InChI=1S/C12H27NO/c1-2-3-4-5-6-7-8-9-12(13)10-11-14/h12,14H,2-11,13H2,1H3. The van der Waals surface area contributed by atoms with Gasteiger partial charge in [-0.15, -0.1) is 0 Å². The van der Waals surface area contributed by atoms with E-state index in [9.17, 15) is 0 Å². The number of nitrogens with two attached hydrogens (primary N) is 1. The zero-order valence-corrected chi connectivity index (χ0v) is 9.67. The zero-order chi connectivity index (χ0) is 10.6. The molecule has 0 bridgehead atoms. The maximum Gasteiger partial charge on any atom is 0.0445 e. The first-order valence-electron chi connectivity index (χ1n) is 6.17. The van der Waals surface area contributed by atoms with Gasteiger partial charge in [0.1, 0.15) is 0 Å². The van der Waals surface area contributed by atoms with Crippen molar-refractivity contribution in [1.82, 2.24) is 0 Å². The summed E-state index contributed by atoms with van der Waals surface area (Å²) in [5, 5.41) is 8.66. The van der Waals surface area contributed by atoms with Crippen LogP contribution in [0.2, 0.25) is 0 Å². The first kappa shape index (κ1) is 13.9. The predicted octanol–water partition coefficient (Wildman–Crippen LogP) is 2.84. The fraction of sp³-hybridized carbons (Fsp3) is 1.00. The van der Waals surface area contributed by atoms with Crippen molar-refractivity contribution in [2.45, 2.75) is 70.8 Å². The van der Waals surface area contributed by atoms with Crippen LogP contribution in [0.3, 0.4) is 0 Å². The summed E-state index contributed by atoms with van der Waals surface area (Å²) in [6.07, 6.45) is 11.2. The summed E-state index contributed by atoms with van der Waals surface area (Å²) in [7, 11) is 0. The van der Waals surface area contributed by atoms with Crippen molar-refractivity contribution in [2.24, 2.45) is 5.73 Å². The molecule has 3 N–H and O–H groups in total. The number of hydrogen-bond acceptors (Lipinski definition) is 2. The Balaban J connectivity index is 2.98. The third kappa shape index (κ3) is 10.0. The number of aliphatic hydroxyl groups excluding tert-OH is 1. The van der Waals surface area contributed by atoms with Gasteiger partial charge in [0.2, 0.25) is 0 Å². The Bertz CT molecular complexity index is 106. The van der Waals surface area contributed by atoms with Gasteiger partial charge in [-0.25, -0.2) is 0 Å². The average molecular weight is 201 g/mol. The van der Waals surface area contributed by atoms with Gasteiger partial charge >= 0.3 is 0 Å². The van der Waals surface area contributed by atoms with Crippen molar-refractivity contribution in [2.75, 3.05) is 6.61 Å². The summed E-state index contributed by atoms with van der Waals surface area (Å²) < 4.78 is 0. The second kappa shape index (κ2) is 11.0. The molecule has 0 saturated carbocycles. The number of hydrogen-bond donors (Lipinski definition) is 2. The highest BCUT2D eigenvalue weighted by Crippen LogP contribution is 2.09. The molecule has 86 valence electrons. The Kier molecular flexibility index (Phi) is 10.9. The van der Waals surface area contributed by atoms with Crippen LogP contribution in [0.25, 0.3) is 0 Å². The number of unbranched alkanes of at least 4 members (excludes halogenated alkanes) is 6. The van der Waals surface area contributed by atoms with E-state index >= 15 is 0 Å². The minimum atomic E-state index is 0.218. The van der Waals surface area contributed by atoms with E-state index in [4.69, 9.17) is 10.8 Å². The SMILES string of the molecule is CCCCCCCCCC(N)CCO. The highest BCUT2D eigenvalue weighted by Gasteiger charge is 2.00. The Morgan fingerprint density at radius 1 is 0.929 bits per heavy atom. The summed E-state index contributed by atoms with van der Waals surface area (Å²) in [6.45, 7) is 2.48. The van der Waals surface area contributed by atoms with Gasteiger partial charge < -0.3 is 10.8 Å². The van der Waals surface area contributed by atoms with Gasteiger partial charge in [0.05, 0.1) is 0 Å². The molecule has 0 spiro atoms. The molecule has 2 heteroatoms. The maximum absolute atomic E-state index is 8.66. The summed E-state index contributed by atoms with van der Waals surface area (Å²) >= 11 is 0. The van der Waals surface area contributed by atoms with E-state index in [1.165, 1.54) is 44.9 Å². The molecule has 0 radical (unpaired) electrons. The second-order valence-corrected chi connectivity index (χ2v) is 4.18. The van der Waals surface area contributed by atoms with E-state index in [2.05, 4.69) is 6.92 Å². The molecule has 14 heavy (non-hydrogen) atoms. The van der Waals surface area contributed by atoms with Crippen molar-refractivity contribution in [3.63, 3.8) is 0 Å². The highest BCUT2D eigenvalue weighted by atomic mass is 16.3. The maximum atomic E-state index is 8.66. The minimum absolute atomic E-state index is 0.218. The molecule has 0 aliphatic carbocycles. The topological polar surface area (TPSA) is 46.2 Å². The summed E-state index contributed by atoms with van der Waals surface area (Å²) in [5.41, 5.74) is 5.79. The highest BCUT2D eigenvalue weighted by molar-refractivity contribution is 4.60. The summed E-state index contributed by atoms with van der Waals surface area (Å²) in [5.74, 6) is 0. The lowest BCUT2D eigenvalue weighted by atomic mass is 10.0. The molecule has 0 aliphatic heterocycles. The van der Waals surface area contributed by atoms with Gasteiger partial charge in [-0.3, -0.25) is 0 Å². The monoisotopic (exact) mass is 201 g/mol. The Morgan fingerprint density at radius 3 is 2.07 bits per heavy atom. The van der Waals surface area contributed by atoms with Crippen LogP contribution in [-0.2, 0) is 0 Å². The molecule has 0 amide bonds. The van der Waals surface area contributed by atoms with Crippen molar-refractivity contribution < 1.29 is 5.11 Å². The smallest absolute Gasteiger partial charge is 0.0445 e. The average Bonchev–Trinajstić information content (AvgIpc) is 2.17. The fourth-order valence-electron chi connectivity index (χ4n) is 1.67. The Labute approximate surface area is 88.9 Å². The van der Waals surface area contributed by atoms with Gasteiger partial charge in [-0.1, -0.05) is 51.9 Å². The molecule has 0 aromatic rings. The van der Waals surface area contributed by atoms with Crippen molar-refractivity contribution in [3.05, 3.63) is 0 Å². The lowest BCUT2D eigenvalue weighted by Crippen LogP contribution is -2.20. The van der Waals surface area contributed by atoms with Gasteiger partial charge in [0.15, 0.2) is 0 Å². The van der Waals surface area contributed by atoms with Gasteiger partial charge in [0.25, 0.3) is 0 Å². The van der Waals surface area contributed by atoms with Gasteiger partial charge in [-0.05, 0) is 12.8 Å². The van der Waals surface area contributed by atoms with Crippen LogP contribution in [0.15, 0.2) is 0 Å². The van der Waals surface area contributed by atoms with Crippen LogP contribution in [0, 0.1) is 0 Å². The van der Waals surface area contributed by atoms with E-state index in [1.807, 2.05) is 0 Å². The fourth-order valence-corrected chi connectivity index (χ4v) is 1.67. The van der Waals surface area contributed by atoms with E-state index in [0.717, 1.165) is 12.8 Å². The third-order valence-electron chi connectivity index (χ3n) is 2.68. The summed E-state index contributed by atoms with van der Waals surface area (Å²) in [6, 6.07) is 0.218. The Morgan fingerprint density at radius 2 is 1.50 bits per heavy atom. The molecule has 0 saturated heterocycles. The van der Waals surface area contributed by atoms with Crippen molar-refractivity contribution >= 4 is 0 Å². The van der Waals surface area contributed by atoms with Crippen molar-refractivity contribution in [3.8, 4) is 0 Å². The largest absolute Gasteiger partial charge is 0.396 e. The first-order valence-corrected chi connectivity index (χ1v) is 6.17. The van der Waals surface area contributed by atoms with Gasteiger partial charge in [-0.2, -0.15) is 0 Å². The molecule has 0 aromatic carbocycles. The van der Waals surface area contributed by atoms with Crippen LogP contribution in [0.5, 0.6) is 0 Å². The van der Waals surface area contributed by atoms with E-state index in [0.29, 0.717) is 0 Å². The van der Waals surface area contributed by atoms with E-state index < -0.39 is 0 Å². The molecule has 0 fully saturated rings. The Hall–Kier alpha value is -0.0800. The molecule has 1 unspecified atom stereocenters. The number of rotatable bonds is 10. The molecule has 0 heterocycles. The zero-order valence-electron chi connectivity index (χ0n) is 9.67. The third-order valence-corrected chi connectivity index (χ3v) is 2.68. The molecule has 0 aliphatic rings. The summed E-state index contributed by atoms with van der Waals surface area (Å²) in [4.78, 5) is 0. The van der Waals surface area contributed by atoms with Crippen LogP contribution in [0.1, 0.15) is 64.7 Å². The molecular formula is C12H27NO.